The van der Waals surface area contributed by atoms with Gasteiger partial charge in [0.25, 0.3) is 5.91 Å². The molecule has 0 spiro atoms. The van der Waals surface area contributed by atoms with Gasteiger partial charge in [0.1, 0.15) is 5.69 Å². The van der Waals surface area contributed by atoms with Crippen LogP contribution in [0.15, 0.2) is 12.3 Å². The smallest absolute Gasteiger partial charge is 0.270 e. The van der Waals surface area contributed by atoms with Crippen molar-refractivity contribution < 1.29 is 4.79 Å². The third-order valence-electron chi connectivity index (χ3n) is 4.42. The average molecular weight is 369 g/mol. The van der Waals surface area contributed by atoms with E-state index in [-0.39, 0.29) is 5.91 Å². The zero-order valence-electron chi connectivity index (χ0n) is 13.8. The highest BCUT2D eigenvalue weighted by molar-refractivity contribution is 6.36. The van der Waals surface area contributed by atoms with Gasteiger partial charge in [0.05, 0.1) is 15.7 Å². The monoisotopic (exact) mass is 368 g/mol. The van der Waals surface area contributed by atoms with E-state index in [2.05, 4.69) is 15.2 Å². The first-order valence-corrected chi connectivity index (χ1v) is 9.16. The number of carbonyl (C=O) groups excluding carboxylic acids is 1. The molecular formula is C17H22Cl2N4O. The molecule has 7 heteroatoms. The lowest BCUT2D eigenvalue weighted by molar-refractivity contribution is 0.0946. The van der Waals surface area contributed by atoms with Crippen molar-refractivity contribution in [3.05, 3.63) is 33.7 Å². The minimum atomic E-state index is -0.139. The predicted octanol–water partition coefficient (Wildman–Crippen LogP) is 3.56. The van der Waals surface area contributed by atoms with Crippen molar-refractivity contribution in [2.24, 2.45) is 0 Å². The maximum Gasteiger partial charge on any atom is 0.270 e. The van der Waals surface area contributed by atoms with Gasteiger partial charge in [0, 0.05) is 12.7 Å². The fourth-order valence-corrected chi connectivity index (χ4v) is 3.73. The third kappa shape index (κ3) is 3.85. The number of pyridine rings is 1. The molecule has 0 radical (unpaired) electrons. The van der Waals surface area contributed by atoms with Crippen LogP contribution in [-0.2, 0) is 0 Å². The second-order valence-corrected chi connectivity index (χ2v) is 7.10. The normalized spacial score (nSPS) is 15.3. The van der Waals surface area contributed by atoms with E-state index in [1.165, 1.54) is 25.9 Å². The van der Waals surface area contributed by atoms with E-state index in [0.717, 1.165) is 19.4 Å². The molecule has 2 aromatic heterocycles. The molecule has 1 amide bonds. The second kappa shape index (κ2) is 7.72. The van der Waals surface area contributed by atoms with Crippen molar-refractivity contribution >= 4 is 34.8 Å². The van der Waals surface area contributed by atoms with Crippen LogP contribution in [0, 0.1) is 6.92 Å². The van der Waals surface area contributed by atoms with Crippen LogP contribution >= 0.6 is 23.2 Å². The van der Waals surface area contributed by atoms with Crippen molar-refractivity contribution in [3.8, 4) is 0 Å². The zero-order chi connectivity index (χ0) is 17.1. The van der Waals surface area contributed by atoms with E-state index in [9.17, 15) is 4.79 Å². The minimum absolute atomic E-state index is 0.139. The van der Waals surface area contributed by atoms with E-state index in [1.54, 1.807) is 23.6 Å². The summed E-state index contributed by atoms with van der Waals surface area (Å²) in [4.78, 5) is 19.4. The highest BCUT2D eigenvalue weighted by atomic mass is 35.5. The van der Waals surface area contributed by atoms with Crippen LogP contribution in [0.3, 0.4) is 0 Å². The molecule has 1 aliphatic heterocycles. The Kier molecular flexibility index (Phi) is 5.64. The van der Waals surface area contributed by atoms with E-state index >= 15 is 0 Å². The van der Waals surface area contributed by atoms with E-state index in [4.69, 9.17) is 23.2 Å². The maximum absolute atomic E-state index is 12.5. The molecule has 0 bridgehead atoms. The number of amides is 1. The van der Waals surface area contributed by atoms with Crippen molar-refractivity contribution in [3.63, 3.8) is 0 Å². The summed E-state index contributed by atoms with van der Waals surface area (Å²) in [5.74, 6) is -0.139. The van der Waals surface area contributed by atoms with Gasteiger partial charge in [0.15, 0.2) is 5.65 Å². The van der Waals surface area contributed by atoms with Crippen LogP contribution in [0.5, 0.6) is 0 Å². The Labute approximate surface area is 151 Å². The van der Waals surface area contributed by atoms with Crippen molar-refractivity contribution in [1.82, 2.24) is 19.6 Å². The maximum atomic E-state index is 12.5. The first-order chi connectivity index (χ1) is 11.6. The first kappa shape index (κ1) is 17.5. The number of aromatic nitrogens is 2. The molecule has 5 nitrogen and oxygen atoms in total. The fourth-order valence-electron chi connectivity index (χ4n) is 3.21. The van der Waals surface area contributed by atoms with Gasteiger partial charge in [-0.15, -0.1) is 0 Å². The molecule has 0 aromatic carbocycles. The highest BCUT2D eigenvalue weighted by Gasteiger charge is 2.18. The number of rotatable bonds is 6. The molecule has 3 heterocycles. The molecule has 1 fully saturated rings. The van der Waals surface area contributed by atoms with E-state index in [0.29, 0.717) is 33.6 Å². The van der Waals surface area contributed by atoms with E-state index < -0.39 is 0 Å². The summed E-state index contributed by atoms with van der Waals surface area (Å²) < 4.78 is 1.67. The molecule has 2 aromatic rings. The number of fused-ring (bicyclic) bond motifs is 1. The van der Waals surface area contributed by atoms with Crippen molar-refractivity contribution in [2.75, 3.05) is 26.2 Å². The molecule has 3 rings (SSSR count). The number of carbonyl (C=O) groups is 1. The SMILES string of the molecule is Cc1nc2c(Cl)cc(Cl)cn2c1C(=O)NCCCCN1CCCC1. The molecule has 24 heavy (non-hydrogen) atoms. The molecule has 1 saturated heterocycles. The lowest BCUT2D eigenvalue weighted by atomic mass is 10.2. The van der Waals surface area contributed by atoms with Crippen molar-refractivity contribution in [1.29, 1.82) is 0 Å². The number of halogens is 2. The summed E-state index contributed by atoms with van der Waals surface area (Å²) in [5.41, 5.74) is 1.69. The number of likely N-dealkylation sites (tertiary alicyclic amines) is 1. The molecule has 1 aliphatic rings. The summed E-state index contributed by atoms with van der Waals surface area (Å²) in [7, 11) is 0. The summed E-state index contributed by atoms with van der Waals surface area (Å²) in [6.45, 7) is 6.02. The Balaban J connectivity index is 1.58. The molecule has 0 saturated carbocycles. The van der Waals surface area contributed by atoms with Gasteiger partial charge in [-0.25, -0.2) is 4.98 Å². The largest absolute Gasteiger partial charge is 0.351 e. The molecular weight excluding hydrogens is 347 g/mol. The number of aryl methyl sites for hydroxylation is 1. The Morgan fingerprint density at radius 2 is 2.04 bits per heavy atom. The molecule has 0 aliphatic carbocycles. The van der Waals surface area contributed by atoms with Crippen LogP contribution < -0.4 is 5.32 Å². The molecule has 0 atom stereocenters. The van der Waals surface area contributed by atoms with Crippen LogP contribution in [-0.4, -0.2) is 46.4 Å². The third-order valence-corrected chi connectivity index (χ3v) is 4.90. The molecule has 1 N–H and O–H groups in total. The fraction of sp³-hybridized carbons (Fsp3) is 0.529. The quantitative estimate of drug-likeness (QED) is 0.793. The number of nitrogens with zero attached hydrogens (tertiary/aromatic N) is 3. The topological polar surface area (TPSA) is 49.6 Å². The Bertz CT molecular complexity index is 738. The van der Waals surface area contributed by atoms with Gasteiger partial charge in [-0.2, -0.15) is 0 Å². The van der Waals surface area contributed by atoms with E-state index in [1.807, 2.05) is 0 Å². The van der Waals surface area contributed by atoms with Crippen LogP contribution in [0.4, 0.5) is 0 Å². The van der Waals surface area contributed by atoms with Crippen LogP contribution in [0.2, 0.25) is 10.0 Å². The Hall–Kier alpha value is -1.30. The number of nitrogens with one attached hydrogen (secondary N) is 1. The Morgan fingerprint density at radius 1 is 1.29 bits per heavy atom. The molecule has 130 valence electrons. The summed E-state index contributed by atoms with van der Waals surface area (Å²) >= 11 is 12.2. The second-order valence-electron chi connectivity index (χ2n) is 6.26. The standard InChI is InChI=1S/C17H22Cl2N4O/c1-12-15(23-11-13(18)10-14(19)16(23)21-12)17(24)20-6-2-3-7-22-8-4-5-9-22/h10-11H,2-9H2,1H3,(H,20,24). The van der Waals surface area contributed by atoms with Gasteiger partial charge in [-0.3, -0.25) is 9.20 Å². The lowest BCUT2D eigenvalue weighted by Gasteiger charge is -2.14. The van der Waals surface area contributed by atoms with Gasteiger partial charge >= 0.3 is 0 Å². The Morgan fingerprint density at radius 3 is 2.79 bits per heavy atom. The predicted molar refractivity (Wildman–Crippen MR) is 97.2 cm³/mol. The average Bonchev–Trinajstić information content (AvgIpc) is 3.14. The summed E-state index contributed by atoms with van der Waals surface area (Å²) in [5, 5.41) is 3.89. The highest BCUT2D eigenvalue weighted by Crippen LogP contribution is 2.24. The van der Waals surface area contributed by atoms with Gasteiger partial charge in [-0.05, 0) is 58.3 Å². The zero-order valence-corrected chi connectivity index (χ0v) is 15.3. The lowest BCUT2D eigenvalue weighted by Crippen LogP contribution is -2.27. The first-order valence-electron chi connectivity index (χ1n) is 8.40. The number of imidazole rings is 1. The van der Waals surface area contributed by atoms with Gasteiger partial charge < -0.3 is 10.2 Å². The van der Waals surface area contributed by atoms with Gasteiger partial charge in [-0.1, -0.05) is 23.2 Å². The van der Waals surface area contributed by atoms with Crippen molar-refractivity contribution in [2.45, 2.75) is 32.6 Å². The molecule has 0 unspecified atom stereocenters. The van der Waals surface area contributed by atoms with Crippen LogP contribution in [0.25, 0.3) is 5.65 Å². The minimum Gasteiger partial charge on any atom is -0.351 e. The number of hydrogen-bond donors (Lipinski definition) is 1. The summed E-state index contributed by atoms with van der Waals surface area (Å²) in [6, 6.07) is 1.63. The summed E-state index contributed by atoms with van der Waals surface area (Å²) in [6.07, 6.45) is 6.37. The van der Waals surface area contributed by atoms with Gasteiger partial charge in [0.2, 0.25) is 0 Å². The number of hydrogen-bond acceptors (Lipinski definition) is 3. The number of unbranched alkanes of at least 4 members (excludes halogenated alkanes) is 1. The van der Waals surface area contributed by atoms with Crippen LogP contribution in [0.1, 0.15) is 41.9 Å².